The molecule has 0 amide bonds. The Balaban J connectivity index is 1.98. The number of fused-ring (bicyclic) bond motifs is 1. The van der Waals surface area contributed by atoms with Crippen molar-refractivity contribution in [2.75, 3.05) is 0 Å². The zero-order valence-electron chi connectivity index (χ0n) is 5.84. The molecule has 50 valence electrons. The molecule has 2 unspecified atom stereocenters. The summed E-state index contributed by atoms with van der Waals surface area (Å²) in [4.78, 5) is 0. The summed E-state index contributed by atoms with van der Waals surface area (Å²) in [5.41, 5.74) is 0. The molecule has 0 spiro atoms. The maximum Gasteiger partial charge on any atom is -0.0231 e. The van der Waals surface area contributed by atoms with Gasteiger partial charge in [0.15, 0.2) is 0 Å². The Hall–Kier alpha value is -0.260. The van der Waals surface area contributed by atoms with Gasteiger partial charge < -0.3 is 0 Å². The molecule has 2 rings (SSSR count). The normalized spacial score (nSPS) is 47.8. The lowest BCUT2D eigenvalue weighted by Crippen LogP contribution is -2.18. The molecule has 2 aliphatic carbocycles. The molecule has 0 N–H and O–H groups in total. The summed E-state index contributed by atoms with van der Waals surface area (Å²) in [5, 5.41) is 0. The summed E-state index contributed by atoms with van der Waals surface area (Å²) < 4.78 is 0. The summed E-state index contributed by atoms with van der Waals surface area (Å²) in [6.45, 7) is 3.84. The third kappa shape index (κ3) is 0.726. The second-order valence-corrected chi connectivity index (χ2v) is 3.56. The van der Waals surface area contributed by atoms with E-state index in [1.54, 1.807) is 0 Å². The molecule has 0 aromatic carbocycles. The van der Waals surface area contributed by atoms with Crippen molar-refractivity contribution in [3.63, 3.8) is 0 Å². The van der Waals surface area contributed by atoms with Gasteiger partial charge in [-0.1, -0.05) is 6.08 Å². The topological polar surface area (TPSA) is 0 Å². The van der Waals surface area contributed by atoms with Gasteiger partial charge in [-0.3, -0.25) is 0 Å². The van der Waals surface area contributed by atoms with E-state index in [2.05, 4.69) is 12.7 Å². The molecule has 0 aromatic rings. The van der Waals surface area contributed by atoms with E-state index in [1.807, 2.05) is 0 Å². The fraction of sp³-hybridized carbons (Fsp3) is 0.778. The molecular formula is C9H14. The number of rotatable bonds is 1. The molecule has 2 saturated carbocycles. The molecule has 0 aliphatic heterocycles. The Bertz CT molecular complexity index is 114. The first kappa shape index (κ1) is 5.52. The van der Waals surface area contributed by atoms with Crippen molar-refractivity contribution in [1.82, 2.24) is 0 Å². The van der Waals surface area contributed by atoms with Crippen molar-refractivity contribution in [2.45, 2.75) is 25.7 Å². The fourth-order valence-electron chi connectivity index (χ4n) is 2.33. The number of hydrogen-bond donors (Lipinski definition) is 0. The molecular weight excluding hydrogens is 108 g/mol. The quantitative estimate of drug-likeness (QED) is 0.469. The minimum atomic E-state index is 0.877. The van der Waals surface area contributed by atoms with Crippen LogP contribution >= 0.6 is 0 Å². The summed E-state index contributed by atoms with van der Waals surface area (Å²) in [7, 11) is 0. The van der Waals surface area contributed by atoms with Crippen molar-refractivity contribution in [3.05, 3.63) is 12.7 Å². The Labute approximate surface area is 57.0 Å². The molecule has 0 radical (unpaired) electrons. The second kappa shape index (κ2) is 1.86. The van der Waals surface area contributed by atoms with Gasteiger partial charge in [-0.15, -0.1) is 6.58 Å². The van der Waals surface area contributed by atoms with Crippen molar-refractivity contribution in [1.29, 1.82) is 0 Å². The molecule has 0 aromatic heterocycles. The molecule has 0 bridgehead atoms. The summed E-state index contributed by atoms with van der Waals surface area (Å²) in [6.07, 6.45) is 8.07. The standard InChI is InChI=1S/C9H14/c1-2-7-5-8-3-4-9(8)6-7/h2,7-9H,1,3-6H2. The van der Waals surface area contributed by atoms with Crippen LogP contribution in [0.1, 0.15) is 25.7 Å². The SMILES string of the molecule is C=CC1CC2CCC2C1. The van der Waals surface area contributed by atoms with Crippen molar-refractivity contribution in [2.24, 2.45) is 17.8 Å². The highest BCUT2D eigenvalue weighted by Gasteiger charge is 2.38. The first-order valence-electron chi connectivity index (χ1n) is 4.02. The Morgan fingerprint density at radius 1 is 1.11 bits per heavy atom. The van der Waals surface area contributed by atoms with Gasteiger partial charge >= 0.3 is 0 Å². The van der Waals surface area contributed by atoms with E-state index in [1.165, 1.54) is 25.7 Å². The fourth-order valence-corrected chi connectivity index (χ4v) is 2.33. The van der Waals surface area contributed by atoms with Gasteiger partial charge in [0.05, 0.1) is 0 Å². The molecule has 2 fully saturated rings. The van der Waals surface area contributed by atoms with Crippen molar-refractivity contribution in [3.8, 4) is 0 Å². The highest BCUT2D eigenvalue weighted by atomic mass is 14.4. The average Bonchev–Trinajstić information content (AvgIpc) is 2.10. The van der Waals surface area contributed by atoms with Crippen LogP contribution in [0.2, 0.25) is 0 Å². The molecule has 0 saturated heterocycles. The Morgan fingerprint density at radius 2 is 1.67 bits per heavy atom. The minimum Gasteiger partial charge on any atom is -0.103 e. The number of allylic oxidation sites excluding steroid dienone is 1. The summed E-state index contributed by atoms with van der Waals surface area (Å²) >= 11 is 0. The van der Waals surface area contributed by atoms with Crippen LogP contribution in [0.3, 0.4) is 0 Å². The molecule has 0 nitrogen and oxygen atoms in total. The largest absolute Gasteiger partial charge is 0.103 e. The predicted octanol–water partition coefficient (Wildman–Crippen LogP) is 2.61. The van der Waals surface area contributed by atoms with Gasteiger partial charge in [0, 0.05) is 0 Å². The maximum atomic E-state index is 3.84. The molecule has 0 heteroatoms. The number of hydrogen-bond acceptors (Lipinski definition) is 0. The van der Waals surface area contributed by atoms with Gasteiger partial charge in [0.1, 0.15) is 0 Å². The van der Waals surface area contributed by atoms with E-state index in [-0.39, 0.29) is 0 Å². The van der Waals surface area contributed by atoms with Crippen LogP contribution in [0.25, 0.3) is 0 Å². The van der Waals surface area contributed by atoms with Crippen LogP contribution in [0.4, 0.5) is 0 Å². The predicted molar refractivity (Wildman–Crippen MR) is 39.1 cm³/mol. The Morgan fingerprint density at radius 3 is 2.00 bits per heavy atom. The molecule has 2 atom stereocenters. The van der Waals surface area contributed by atoms with Crippen LogP contribution in [0.15, 0.2) is 12.7 Å². The van der Waals surface area contributed by atoms with Crippen LogP contribution < -0.4 is 0 Å². The first-order chi connectivity index (χ1) is 4.40. The van der Waals surface area contributed by atoms with Gasteiger partial charge in [0.25, 0.3) is 0 Å². The van der Waals surface area contributed by atoms with E-state index in [4.69, 9.17) is 0 Å². The van der Waals surface area contributed by atoms with Gasteiger partial charge in [-0.2, -0.15) is 0 Å². The minimum absolute atomic E-state index is 0.877. The maximum absolute atomic E-state index is 3.84. The first-order valence-corrected chi connectivity index (χ1v) is 4.02. The van der Waals surface area contributed by atoms with Gasteiger partial charge in [-0.25, -0.2) is 0 Å². The summed E-state index contributed by atoms with van der Waals surface area (Å²) in [5.74, 6) is 3.09. The van der Waals surface area contributed by atoms with Gasteiger partial charge in [0.2, 0.25) is 0 Å². The monoisotopic (exact) mass is 122 g/mol. The van der Waals surface area contributed by atoms with E-state index < -0.39 is 0 Å². The summed E-state index contributed by atoms with van der Waals surface area (Å²) in [6, 6.07) is 0. The van der Waals surface area contributed by atoms with Crippen LogP contribution in [-0.2, 0) is 0 Å². The van der Waals surface area contributed by atoms with E-state index in [9.17, 15) is 0 Å². The van der Waals surface area contributed by atoms with Crippen LogP contribution in [0.5, 0.6) is 0 Å². The zero-order valence-corrected chi connectivity index (χ0v) is 5.84. The third-order valence-corrected chi connectivity index (χ3v) is 3.12. The van der Waals surface area contributed by atoms with Crippen LogP contribution in [0, 0.1) is 17.8 Å². The Kier molecular flexibility index (Phi) is 1.14. The highest BCUT2D eigenvalue weighted by molar-refractivity contribution is 4.96. The molecule has 0 heterocycles. The van der Waals surface area contributed by atoms with Crippen molar-refractivity contribution >= 4 is 0 Å². The van der Waals surface area contributed by atoms with E-state index in [0.29, 0.717) is 0 Å². The highest BCUT2D eigenvalue weighted by Crippen LogP contribution is 2.49. The molecule has 2 aliphatic rings. The van der Waals surface area contributed by atoms with E-state index in [0.717, 1.165) is 17.8 Å². The van der Waals surface area contributed by atoms with Gasteiger partial charge in [-0.05, 0) is 43.4 Å². The second-order valence-electron chi connectivity index (χ2n) is 3.56. The van der Waals surface area contributed by atoms with E-state index >= 15 is 0 Å². The molecule has 9 heavy (non-hydrogen) atoms. The lowest BCUT2D eigenvalue weighted by atomic mass is 9.77. The zero-order chi connectivity index (χ0) is 6.27. The third-order valence-electron chi connectivity index (χ3n) is 3.12. The van der Waals surface area contributed by atoms with Crippen LogP contribution in [-0.4, -0.2) is 0 Å². The lowest BCUT2D eigenvalue weighted by molar-refractivity contribution is 0.219. The smallest absolute Gasteiger partial charge is 0.0231 e. The lowest BCUT2D eigenvalue weighted by Gasteiger charge is -2.29. The van der Waals surface area contributed by atoms with Crippen molar-refractivity contribution < 1.29 is 0 Å². The average molecular weight is 122 g/mol.